The first-order valence-corrected chi connectivity index (χ1v) is 3.81. The summed E-state index contributed by atoms with van der Waals surface area (Å²) in [5.41, 5.74) is 1.44. The normalized spacial score (nSPS) is 9.92. The van der Waals surface area contributed by atoms with E-state index in [9.17, 15) is 4.39 Å². The topological polar surface area (TPSA) is 25.8 Å². The van der Waals surface area contributed by atoms with Gasteiger partial charge in [0, 0.05) is 18.0 Å². The molecule has 0 bridgehead atoms. The lowest BCUT2D eigenvalue weighted by molar-refractivity contribution is 0.628. The van der Waals surface area contributed by atoms with Crippen molar-refractivity contribution in [3.8, 4) is 11.3 Å². The summed E-state index contributed by atoms with van der Waals surface area (Å²) in [6.07, 6.45) is 5.85. The highest BCUT2D eigenvalue weighted by atomic mass is 19.1. The third kappa shape index (κ3) is 1.69. The van der Waals surface area contributed by atoms with Gasteiger partial charge < -0.3 is 0 Å². The number of aromatic nitrogens is 2. The predicted octanol–water partition coefficient (Wildman–Crippen LogP) is 2.08. The van der Waals surface area contributed by atoms with Crippen molar-refractivity contribution in [2.75, 3.05) is 0 Å². The maximum Gasteiger partial charge on any atom is 0.123 e. The first-order chi connectivity index (χ1) is 6.36. The average Bonchev–Trinajstić information content (AvgIpc) is 2.20. The fourth-order valence-electron chi connectivity index (χ4n) is 1.02. The van der Waals surface area contributed by atoms with Crippen LogP contribution in [0.15, 0.2) is 36.7 Å². The zero-order chi connectivity index (χ0) is 9.10. The maximum atomic E-state index is 12.6. The molecule has 0 N–H and O–H groups in total. The largest absolute Gasteiger partial charge is 0.252 e. The molecular formula is C10H6FN2. The summed E-state index contributed by atoms with van der Waals surface area (Å²) < 4.78 is 12.6. The molecule has 1 aromatic carbocycles. The van der Waals surface area contributed by atoms with Crippen molar-refractivity contribution in [1.82, 2.24) is 9.97 Å². The molecule has 13 heavy (non-hydrogen) atoms. The van der Waals surface area contributed by atoms with Crippen molar-refractivity contribution in [2.24, 2.45) is 0 Å². The van der Waals surface area contributed by atoms with Gasteiger partial charge >= 0.3 is 0 Å². The molecule has 0 aliphatic rings. The van der Waals surface area contributed by atoms with Crippen LogP contribution in [-0.2, 0) is 0 Å². The Labute approximate surface area is 75.1 Å². The molecule has 0 amide bonds. The molecule has 0 unspecified atom stereocenters. The van der Waals surface area contributed by atoms with Crippen LogP contribution < -0.4 is 0 Å². The van der Waals surface area contributed by atoms with Gasteiger partial charge in [-0.15, -0.1) is 0 Å². The Kier molecular flexibility index (Phi) is 2.00. The average molecular weight is 173 g/mol. The number of benzene rings is 1. The van der Waals surface area contributed by atoms with Gasteiger partial charge in [0.05, 0.1) is 5.69 Å². The van der Waals surface area contributed by atoms with E-state index >= 15 is 0 Å². The molecule has 0 fully saturated rings. The highest BCUT2D eigenvalue weighted by Gasteiger charge is 1.98. The van der Waals surface area contributed by atoms with Crippen LogP contribution in [-0.4, -0.2) is 9.97 Å². The first kappa shape index (κ1) is 7.86. The molecule has 3 heteroatoms. The molecule has 2 aromatic rings. The molecule has 0 spiro atoms. The van der Waals surface area contributed by atoms with Gasteiger partial charge in [-0.25, -0.2) is 4.39 Å². The highest BCUT2D eigenvalue weighted by Crippen LogP contribution is 2.14. The summed E-state index contributed by atoms with van der Waals surface area (Å²) in [7, 11) is 0. The van der Waals surface area contributed by atoms with E-state index in [1.807, 2.05) is 0 Å². The molecular weight excluding hydrogens is 167 g/mol. The number of nitrogens with zero attached hydrogens (tertiary/aromatic N) is 2. The van der Waals surface area contributed by atoms with Crippen LogP contribution >= 0.6 is 0 Å². The second-order valence-corrected chi connectivity index (χ2v) is 2.52. The van der Waals surface area contributed by atoms with Crippen LogP contribution in [0.4, 0.5) is 4.39 Å². The summed E-state index contributed by atoms with van der Waals surface area (Å²) >= 11 is 0. The summed E-state index contributed by atoms with van der Waals surface area (Å²) in [5.74, 6) is -0.257. The maximum absolute atomic E-state index is 12.6. The molecule has 1 aromatic heterocycles. The Hall–Kier alpha value is -1.77. The quantitative estimate of drug-likeness (QED) is 0.659. The predicted molar refractivity (Wildman–Crippen MR) is 46.3 cm³/mol. The monoisotopic (exact) mass is 173 g/mol. The zero-order valence-corrected chi connectivity index (χ0v) is 6.74. The van der Waals surface area contributed by atoms with E-state index in [-0.39, 0.29) is 5.82 Å². The third-order valence-electron chi connectivity index (χ3n) is 1.63. The summed E-state index contributed by atoms with van der Waals surface area (Å²) in [6, 6.07) is 6.07. The minimum Gasteiger partial charge on any atom is -0.252 e. The molecule has 0 atom stereocenters. The Morgan fingerprint density at radius 1 is 1.08 bits per heavy atom. The van der Waals surface area contributed by atoms with E-state index in [0.29, 0.717) is 5.69 Å². The van der Waals surface area contributed by atoms with E-state index < -0.39 is 0 Å². The molecule has 0 aliphatic carbocycles. The molecule has 0 saturated carbocycles. The third-order valence-corrected chi connectivity index (χ3v) is 1.63. The van der Waals surface area contributed by atoms with Crippen LogP contribution in [0.3, 0.4) is 0 Å². The van der Waals surface area contributed by atoms with E-state index in [4.69, 9.17) is 0 Å². The lowest BCUT2D eigenvalue weighted by Gasteiger charge is -1.97. The van der Waals surface area contributed by atoms with Crippen LogP contribution in [0, 0.1) is 12.0 Å². The smallest absolute Gasteiger partial charge is 0.123 e. The van der Waals surface area contributed by atoms with Crippen molar-refractivity contribution in [1.29, 1.82) is 0 Å². The van der Waals surface area contributed by atoms with Gasteiger partial charge in [-0.3, -0.25) is 9.97 Å². The number of halogens is 1. The highest BCUT2D eigenvalue weighted by molar-refractivity contribution is 5.56. The number of hydrogen-bond donors (Lipinski definition) is 0. The fraction of sp³-hybridized carbons (Fsp3) is 0. The molecule has 0 saturated heterocycles. The van der Waals surface area contributed by atoms with Crippen molar-refractivity contribution < 1.29 is 4.39 Å². The van der Waals surface area contributed by atoms with Gasteiger partial charge in [0.1, 0.15) is 12.0 Å². The molecule has 2 nitrogen and oxygen atoms in total. The van der Waals surface area contributed by atoms with Crippen molar-refractivity contribution in [2.45, 2.75) is 0 Å². The van der Waals surface area contributed by atoms with Gasteiger partial charge in [-0.05, 0) is 24.3 Å². The molecule has 63 valence electrons. The first-order valence-electron chi connectivity index (χ1n) is 3.81. The second kappa shape index (κ2) is 3.31. The van der Waals surface area contributed by atoms with E-state index in [1.54, 1.807) is 24.5 Å². The van der Waals surface area contributed by atoms with Crippen molar-refractivity contribution in [3.05, 3.63) is 48.7 Å². The van der Waals surface area contributed by atoms with Crippen LogP contribution in [0.25, 0.3) is 11.3 Å². The minimum atomic E-state index is -0.257. The lowest BCUT2D eigenvalue weighted by Crippen LogP contribution is -1.84. The molecule has 1 radical (unpaired) electrons. The van der Waals surface area contributed by atoms with Crippen LogP contribution in [0.1, 0.15) is 0 Å². The SMILES string of the molecule is Fc1ccc(-c2[c]nccn2)cc1. The zero-order valence-electron chi connectivity index (χ0n) is 6.74. The van der Waals surface area contributed by atoms with Gasteiger partial charge in [0.2, 0.25) is 0 Å². The summed E-state index contributed by atoms with van der Waals surface area (Å²) in [4.78, 5) is 7.84. The standard InChI is InChI=1S/C10H6FN2/c11-9-3-1-8(2-4-9)10-7-12-5-6-13-10/h1-6H. The second-order valence-electron chi connectivity index (χ2n) is 2.52. The van der Waals surface area contributed by atoms with Crippen molar-refractivity contribution >= 4 is 0 Å². The molecule has 0 aliphatic heterocycles. The summed E-state index contributed by atoms with van der Waals surface area (Å²) in [6.45, 7) is 0. The Bertz CT molecular complexity index is 383. The number of rotatable bonds is 1. The van der Waals surface area contributed by atoms with Gasteiger partial charge in [-0.1, -0.05) is 0 Å². The van der Waals surface area contributed by atoms with Crippen LogP contribution in [0.5, 0.6) is 0 Å². The van der Waals surface area contributed by atoms with E-state index in [0.717, 1.165) is 5.56 Å². The molecule has 1 heterocycles. The van der Waals surface area contributed by atoms with Gasteiger partial charge in [-0.2, -0.15) is 0 Å². The van der Waals surface area contributed by atoms with E-state index in [1.165, 1.54) is 12.1 Å². The Balaban J connectivity index is 2.42. The van der Waals surface area contributed by atoms with Crippen molar-refractivity contribution in [3.63, 3.8) is 0 Å². The molecule has 2 rings (SSSR count). The van der Waals surface area contributed by atoms with Crippen LogP contribution in [0.2, 0.25) is 0 Å². The fourth-order valence-corrected chi connectivity index (χ4v) is 1.02. The summed E-state index contributed by atoms with van der Waals surface area (Å²) in [5, 5.41) is 0. The Morgan fingerprint density at radius 2 is 1.85 bits per heavy atom. The van der Waals surface area contributed by atoms with E-state index in [2.05, 4.69) is 16.2 Å². The van der Waals surface area contributed by atoms with Gasteiger partial charge in [0.15, 0.2) is 0 Å². The Morgan fingerprint density at radius 3 is 2.46 bits per heavy atom. The lowest BCUT2D eigenvalue weighted by atomic mass is 10.2. The minimum absolute atomic E-state index is 0.257. The number of hydrogen-bond acceptors (Lipinski definition) is 2. The van der Waals surface area contributed by atoms with Gasteiger partial charge in [0.25, 0.3) is 0 Å².